The normalized spacial score (nSPS) is 11.1. The van der Waals surface area contributed by atoms with Gasteiger partial charge in [0.15, 0.2) is 0 Å². The summed E-state index contributed by atoms with van der Waals surface area (Å²) in [5, 5.41) is 13.3. The number of nitrogens with zero attached hydrogens (tertiary/aromatic N) is 1. The molecule has 0 aliphatic carbocycles. The van der Waals surface area contributed by atoms with Crippen molar-refractivity contribution in [1.29, 1.82) is 0 Å². The number of carbonyl (C=O) groups is 1. The quantitative estimate of drug-likeness (QED) is 0.514. The first-order valence-corrected chi connectivity index (χ1v) is 6.51. The van der Waals surface area contributed by atoms with Crippen LogP contribution in [0.25, 0.3) is 6.08 Å². The highest BCUT2D eigenvalue weighted by Gasteiger charge is 1.96. The van der Waals surface area contributed by atoms with Gasteiger partial charge >= 0.3 is 0 Å². The number of aryl methyl sites for hydroxylation is 1. The third kappa shape index (κ3) is 4.62. The van der Waals surface area contributed by atoms with Gasteiger partial charge in [-0.1, -0.05) is 42.0 Å². The van der Waals surface area contributed by atoms with Gasteiger partial charge in [-0.05, 0) is 30.7 Å². The Labute approximate surface area is 123 Å². The first-order chi connectivity index (χ1) is 10.1. The zero-order valence-corrected chi connectivity index (χ0v) is 11.7. The number of hydrogen-bond donors (Lipinski definition) is 2. The second kappa shape index (κ2) is 7.05. The van der Waals surface area contributed by atoms with Crippen molar-refractivity contribution in [3.8, 4) is 5.75 Å². The molecule has 4 nitrogen and oxygen atoms in total. The lowest BCUT2D eigenvalue weighted by Crippen LogP contribution is -2.14. The molecule has 0 bridgehead atoms. The van der Waals surface area contributed by atoms with Crippen LogP contribution in [0.15, 0.2) is 59.7 Å². The topological polar surface area (TPSA) is 61.7 Å². The second-order valence-corrected chi connectivity index (χ2v) is 4.54. The number of aromatic hydroxyl groups is 1. The summed E-state index contributed by atoms with van der Waals surface area (Å²) >= 11 is 0. The summed E-state index contributed by atoms with van der Waals surface area (Å²) < 4.78 is 0. The Hall–Kier alpha value is -2.88. The van der Waals surface area contributed by atoms with Gasteiger partial charge in [-0.15, -0.1) is 0 Å². The highest BCUT2D eigenvalue weighted by atomic mass is 16.3. The molecule has 4 heteroatoms. The fraction of sp³-hybridized carbons (Fsp3) is 0.0588. The molecular weight excluding hydrogens is 264 g/mol. The summed E-state index contributed by atoms with van der Waals surface area (Å²) in [6.07, 6.45) is 4.52. The van der Waals surface area contributed by atoms with Gasteiger partial charge in [-0.25, -0.2) is 5.43 Å². The van der Waals surface area contributed by atoms with Crippen LogP contribution >= 0.6 is 0 Å². The average molecular weight is 280 g/mol. The maximum Gasteiger partial charge on any atom is 0.264 e. The third-order valence-electron chi connectivity index (χ3n) is 2.82. The first-order valence-electron chi connectivity index (χ1n) is 6.51. The fourth-order valence-electron chi connectivity index (χ4n) is 1.65. The van der Waals surface area contributed by atoms with Crippen molar-refractivity contribution in [2.45, 2.75) is 6.92 Å². The summed E-state index contributed by atoms with van der Waals surface area (Å²) in [6.45, 7) is 2.01. The number of amides is 1. The summed E-state index contributed by atoms with van der Waals surface area (Å²) in [7, 11) is 0. The van der Waals surface area contributed by atoms with E-state index in [1.807, 2.05) is 31.2 Å². The summed E-state index contributed by atoms with van der Waals surface area (Å²) in [5.41, 5.74) is 5.03. The van der Waals surface area contributed by atoms with Crippen LogP contribution in [0.3, 0.4) is 0 Å². The maximum absolute atomic E-state index is 11.6. The lowest BCUT2D eigenvalue weighted by atomic mass is 10.1. The van der Waals surface area contributed by atoms with E-state index in [2.05, 4.69) is 10.5 Å². The Bertz CT molecular complexity index is 673. The lowest BCUT2D eigenvalue weighted by Gasteiger charge is -1.97. The van der Waals surface area contributed by atoms with Crippen LogP contribution in [-0.4, -0.2) is 17.2 Å². The molecule has 21 heavy (non-hydrogen) atoms. The van der Waals surface area contributed by atoms with E-state index in [1.165, 1.54) is 17.9 Å². The van der Waals surface area contributed by atoms with Crippen LogP contribution in [0.5, 0.6) is 5.75 Å². The van der Waals surface area contributed by atoms with Gasteiger partial charge in [0.25, 0.3) is 5.91 Å². The molecule has 2 aromatic carbocycles. The Kier molecular flexibility index (Phi) is 4.88. The molecule has 0 aliphatic rings. The Morgan fingerprint density at radius 1 is 1.14 bits per heavy atom. The van der Waals surface area contributed by atoms with Crippen LogP contribution in [0.2, 0.25) is 0 Å². The number of phenolic OH excluding ortho intramolecular Hbond substituents is 1. The van der Waals surface area contributed by atoms with Crippen molar-refractivity contribution in [3.05, 3.63) is 71.3 Å². The van der Waals surface area contributed by atoms with E-state index in [4.69, 9.17) is 0 Å². The van der Waals surface area contributed by atoms with Gasteiger partial charge in [0.05, 0.1) is 6.21 Å². The van der Waals surface area contributed by atoms with E-state index < -0.39 is 0 Å². The highest BCUT2D eigenvalue weighted by Crippen LogP contribution is 2.12. The molecule has 0 fully saturated rings. The molecule has 0 saturated heterocycles. The molecule has 0 spiro atoms. The number of benzene rings is 2. The summed E-state index contributed by atoms with van der Waals surface area (Å²) in [5.74, 6) is -0.215. The van der Waals surface area contributed by atoms with Crippen LogP contribution in [0, 0.1) is 6.92 Å². The highest BCUT2D eigenvalue weighted by molar-refractivity contribution is 5.92. The minimum absolute atomic E-state index is 0.116. The fourth-order valence-corrected chi connectivity index (χ4v) is 1.65. The van der Waals surface area contributed by atoms with E-state index in [-0.39, 0.29) is 11.7 Å². The van der Waals surface area contributed by atoms with Gasteiger partial charge in [0.1, 0.15) is 5.75 Å². The monoisotopic (exact) mass is 280 g/mol. The standard InChI is InChI=1S/C17H16N2O2/c1-13-6-8-14(9-7-13)10-11-17(21)19-18-12-15-4-2-3-5-16(15)20/h2-12,20H,1H3,(H,19,21)/b11-10+,18-12-. The first kappa shape index (κ1) is 14.5. The maximum atomic E-state index is 11.6. The van der Waals surface area contributed by atoms with Crippen molar-refractivity contribution in [1.82, 2.24) is 5.43 Å². The predicted molar refractivity (Wildman–Crippen MR) is 84.1 cm³/mol. The molecule has 0 unspecified atom stereocenters. The van der Waals surface area contributed by atoms with Crippen molar-refractivity contribution in [2.24, 2.45) is 5.10 Å². The van der Waals surface area contributed by atoms with Gasteiger partial charge in [0.2, 0.25) is 0 Å². The van der Waals surface area contributed by atoms with Crippen LogP contribution in [0.4, 0.5) is 0 Å². The number of para-hydroxylation sites is 1. The molecule has 0 aliphatic heterocycles. The molecule has 106 valence electrons. The molecule has 0 aromatic heterocycles. The SMILES string of the molecule is Cc1ccc(/C=C/C(=O)N/N=C\c2ccccc2O)cc1. The largest absolute Gasteiger partial charge is 0.507 e. The molecule has 0 atom stereocenters. The van der Waals surface area contributed by atoms with Crippen molar-refractivity contribution in [2.75, 3.05) is 0 Å². The molecule has 0 saturated carbocycles. The predicted octanol–water partition coefficient (Wildman–Crippen LogP) is 2.86. The molecular formula is C17H16N2O2. The summed E-state index contributed by atoms with van der Waals surface area (Å²) in [6, 6.07) is 14.6. The number of carbonyl (C=O) groups excluding carboxylic acids is 1. The van der Waals surface area contributed by atoms with Gasteiger partial charge in [-0.2, -0.15) is 5.10 Å². The number of nitrogens with one attached hydrogen (secondary N) is 1. The molecule has 2 N–H and O–H groups in total. The molecule has 1 amide bonds. The van der Waals surface area contributed by atoms with Crippen molar-refractivity contribution < 1.29 is 9.90 Å². The number of phenols is 1. The van der Waals surface area contributed by atoms with Gasteiger partial charge < -0.3 is 5.11 Å². The van der Waals surface area contributed by atoms with Crippen LogP contribution < -0.4 is 5.43 Å². The Balaban J connectivity index is 1.90. The smallest absolute Gasteiger partial charge is 0.264 e. The van der Waals surface area contributed by atoms with Crippen molar-refractivity contribution in [3.63, 3.8) is 0 Å². The zero-order chi connectivity index (χ0) is 15.1. The van der Waals surface area contributed by atoms with E-state index >= 15 is 0 Å². The lowest BCUT2D eigenvalue weighted by molar-refractivity contribution is -0.116. The molecule has 0 radical (unpaired) electrons. The average Bonchev–Trinajstić information content (AvgIpc) is 2.49. The van der Waals surface area contributed by atoms with Gasteiger partial charge in [0, 0.05) is 11.6 Å². The van der Waals surface area contributed by atoms with Crippen LogP contribution in [-0.2, 0) is 4.79 Å². The summed E-state index contributed by atoms with van der Waals surface area (Å²) in [4.78, 5) is 11.6. The number of hydrazone groups is 1. The molecule has 2 aromatic rings. The Morgan fingerprint density at radius 2 is 1.86 bits per heavy atom. The van der Waals surface area contributed by atoms with Crippen LogP contribution in [0.1, 0.15) is 16.7 Å². The number of hydrogen-bond acceptors (Lipinski definition) is 3. The minimum Gasteiger partial charge on any atom is -0.507 e. The van der Waals surface area contributed by atoms with Crippen molar-refractivity contribution >= 4 is 18.2 Å². The molecule has 0 heterocycles. The zero-order valence-electron chi connectivity index (χ0n) is 11.7. The number of rotatable bonds is 4. The minimum atomic E-state index is -0.331. The van der Waals surface area contributed by atoms with E-state index in [0.29, 0.717) is 5.56 Å². The second-order valence-electron chi connectivity index (χ2n) is 4.54. The Morgan fingerprint density at radius 3 is 2.57 bits per heavy atom. The van der Waals surface area contributed by atoms with E-state index in [1.54, 1.807) is 30.3 Å². The van der Waals surface area contributed by atoms with Gasteiger partial charge in [-0.3, -0.25) is 4.79 Å². The van der Waals surface area contributed by atoms with E-state index in [0.717, 1.165) is 5.56 Å². The molecule has 2 rings (SSSR count). The third-order valence-corrected chi connectivity index (χ3v) is 2.82. The van der Waals surface area contributed by atoms with E-state index in [9.17, 15) is 9.90 Å².